The number of rotatable bonds is 1. The zero-order valence-electron chi connectivity index (χ0n) is 20.8. The monoisotopic (exact) mass is 478 g/mol. The molecule has 2 aliphatic rings. The molecule has 2 aromatic heterocycles. The molecular formula is C27H34N4O4. The van der Waals surface area contributed by atoms with Gasteiger partial charge >= 0.3 is 0 Å². The number of amides is 1. The van der Waals surface area contributed by atoms with Crippen molar-refractivity contribution in [1.29, 1.82) is 0 Å². The molecule has 186 valence electrons. The van der Waals surface area contributed by atoms with Crippen LogP contribution in [0.15, 0.2) is 36.5 Å². The fraction of sp³-hybridized carbons (Fsp3) is 0.519. The van der Waals surface area contributed by atoms with Crippen molar-refractivity contribution < 1.29 is 19.0 Å². The number of aromatic nitrogens is 3. The summed E-state index contributed by atoms with van der Waals surface area (Å²) in [5.74, 6) is 1.40. The molecule has 8 nitrogen and oxygen atoms in total. The van der Waals surface area contributed by atoms with Crippen LogP contribution in [0.25, 0.3) is 10.9 Å². The molecule has 0 radical (unpaired) electrons. The molecule has 3 aromatic rings. The molecule has 3 heterocycles. The number of ether oxygens (including phenoxy) is 3. The average molecular weight is 479 g/mol. The summed E-state index contributed by atoms with van der Waals surface area (Å²) in [6.45, 7) is 8.55. The Labute approximate surface area is 206 Å². The summed E-state index contributed by atoms with van der Waals surface area (Å²) in [6, 6.07) is 9.37. The molecule has 1 aromatic carbocycles. The molecule has 2 bridgehead atoms. The predicted octanol–water partition coefficient (Wildman–Crippen LogP) is 5.25. The highest BCUT2D eigenvalue weighted by Gasteiger charge is 2.30. The van der Waals surface area contributed by atoms with Crippen molar-refractivity contribution in [2.75, 3.05) is 31.7 Å². The van der Waals surface area contributed by atoms with Crippen LogP contribution in [0.5, 0.6) is 11.6 Å². The number of anilines is 1. The Morgan fingerprint density at radius 3 is 2.54 bits per heavy atom. The van der Waals surface area contributed by atoms with E-state index in [9.17, 15) is 4.79 Å². The van der Waals surface area contributed by atoms with E-state index in [1.54, 1.807) is 18.2 Å². The van der Waals surface area contributed by atoms with Crippen molar-refractivity contribution in [3.05, 3.63) is 42.2 Å². The molecule has 35 heavy (non-hydrogen) atoms. The molecule has 1 N–H and O–H groups in total. The van der Waals surface area contributed by atoms with E-state index in [2.05, 4.69) is 42.0 Å². The van der Waals surface area contributed by atoms with Crippen molar-refractivity contribution in [1.82, 2.24) is 14.8 Å². The number of hydrogen-bond donors (Lipinski definition) is 1. The van der Waals surface area contributed by atoms with Gasteiger partial charge in [0.25, 0.3) is 5.91 Å². The normalized spacial score (nSPS) is 21.9. The van der Waals surface area contributed by atoms with Gasteiger partial charge in [-0.2, -0.15) is 5.10 Å². The van der Waals surface area contributed by atoms with Crippen molar-refractivity contribution in [3.8, 4) is 11.6 Å². The lowest BCUT2D eigenvalue weighted by Crippen LogP contribution is -2.27. The lowest BCUT2D eigenvalue weighted by Gasteiger charge is -2.37. The molecule has 0 spiro atoms. The van der Waals surface area contributed by atoms with E-state index < -0.39 is 0 Å². The summed E-state index contributed by atoms with van der Waals surface area (Å²) < 4.78 is 19.3. The van der Waals surface area contributed by atoms with E-state index in [1.807, 2.05) is 12.1 Å². The summed E-state index contributed by atoms with van der Waals surface area (Å²) in [5, 5.41) is 8.82. The smallest absolute Gasteiger partial charge is 0.274 e. The van der Waals surface area contributed by atoms with Gasteiger partial charge in [0.2, 0.25) is 5.88 Å². The van der Waals surface area contributed by atoms with Crippen molar-refractivity contribution in [2.24, 2.45) is 11.3 Å². The molecule has 1 aliphatic carbocycles. The quantitative estimate of drug-likeness (QED) is 0.514. The number of nitrogens with zero attached hydrogens (tertiary/aromatic N) is 3. The van der Waals surface area contributed by atoms with E-state index in [0.29, 0.717) is 55.2 Å². The molecule has 1 saturated carbocycles. The number of benzene rings is 1. The first-order valence-electron chi connectivity index (χ1n) is 12.5. The number of pyridine rings is 1. The lowest BCUT2D eigenvalue weighted by molar-refractivity contribution is 0.0751. The third kappa shape index (κ3) is 5.42. The third-order valence-corrected chi connectivity index (χ3v) is 7.09. The maximum absolute atomic E-state index is 13.0. The van der Waals surface area contributed by atoms with E-state index in [-0.39, 0.29) is 11.6 Å². The Balaban J connectivity index is 1.41. The highest BCUT2D eigenvalue weighted by Crippen LogP contribution is 2.42. The Morgan fingerprint density at radius 2 is 1.77 bits per heavy atom. The van der Waals surface area contributed by atoms with Gasteiger partial charge in [-0.3, -0.25) is 9.48 Å². The molecule has 1 amide bonds. The maximum Gasteiger partial charge on any atom is 0.274 e. The van der Waals surface area contributed by atoms with Crippen molar-refractivity contribution in [3.63, 3.8) is 0 Å². The third-order valence-electron chi connectivity index (χ3n) is 7.09. The molecule has 0 saturated heterocycles. The highest BCUT2D eigenvalue weighted by atomic mass is 16.5. The van der Waals surface area contributed by atoms with Crippen LogP contribution in [0.4, 0.5) is 5.69 Å². The Morgan fingerprint density at radius 1 is 1.00 bits per heavy atom. The average Bonchev–Trinajstić information content (AvgIpc) is 3.25. The van der Waals surface area contributed by atoms with Gasteiger partial charge in [-0.1, -0.05) is 26.8 Å². The number of nitrogens with one attached hydrogen (secondary N) is 1. The predicted molar refractivity (Wildman–Crippen MR) is 134 cm³/mol. The van der Waals surface area contributed by atoms with Crippen molar-refractivity contribution in [2.45, 2.75) is 52.5 Å². The number of carbonyl (C=O) groups excluding carboxylic acids is 1. The molecule has 1 aliphatic heterocycles. The van der Waals surface area contributed by atoms with Crippen LogP contribution in [0.2, 0.25) is 0 Å². The Bertz CT molecular complexity index is 1190. The second kappa shape index (κ2) is 9.85. The fourth-order valence-corrected chi connectivity index (χ4v) is 5.01. The van der Waals surface area contributed by atoms with Crippen LogP contribution in [0, 0.1) is 11.3 Å². The number of carbonyl (C=O) groups is 1. The molecule has 0 atom stereocenters. The molecule has 5 rings (SSSR count). The Kier molecular flexibility index (Phi) is 6.65. The van der Waals surface area contributed by atoms with Crippen LogP contribution >= 0.6 is 0 Å². The topological polar surface area (TPSA) is 87.5 Å². The number of fused-ring (bicyclic) bond motifs is 4. The maximum atomic E-state index is 13.0. The van der Waals surface area contributed by atoms with Crippen LogP contribution in [-0.4, -0.2) is 47.1 Å². The van der Waals surface area contributed by atoms with Gasteiger partial charge < -0.3 is 19.5 Å². The van der Waals surface area contributed by atoms with Crippen LogP contribution < -0.4 is 14.8 Å². The standard InChI is InChI=1S/C27H34N4O4/c1-27(2,3)19-7-9-20(10-8-19)31-17-18-15-23-24(16-22(18)30-31)34-13-11-33-12-14-35-25-6-4-5-21(28-25)26(32)29-23/h4-6,15-17,19-20H,7-14H2,1-3H3,(H,29,32). The summed E-state index contributed by atoms with van der Waals surface area (Å²) in [6.07, 6.45) is 6.78. The van der Waals surface area contributed by atoms with Crippen molar-refractivity contribution >= 4 is 22.5 Å². The van der Waals surface area contributed by atoms with Crippen LogP contribution in [0.3, 0.4) is 0 Å². The van der Waals surface area contributed by atoms with Gasteiger partial charge in [0.05, 0.1) is 30.5 Å². The summed E-state index contributed by atoms with van der Waals surface area (Å²) in [5.41, 5.74) is 2.07. The second-order valence-corrected chi connectivity index (χ2v) is 10.5. The zero-order chi connectivity index (χ0) is 24.4. The summed E-state index contributed by atoms with van der Waals surface area (Å²) in [4.78, 5) is 17.3. The minimum absolute atomic E-state index is 0.276. The van der Waals surface area contributed by atoms with Gasteiger partial charge in [-0.15, -0.1) is 0 Å². The zero-order valence-corrected chi connectivity index (χ0v) is 20.8. The van der Waals surface area contributed by atoms with Crippen LogP contribution in [0.1, 0.15) is 63.0 Å². The molecule has 8 heteroatoms. The van der Waals surface area contributed by atoms with E-state index in [0.717, 1.165) is 29.7 Å². The van der Waals surface area contributed by atoms with Gasteiger partial charge in [0.1, 0.15) is 24.7 Å². The number of hydrogen-bond acceptors (Lipinski definition) is 6. The first-order chi connectivity index (χ1) is 16.9. The SMILES string of the molecule is CC(C)(C)C1CCC(n2cc3cc4c(cc3n2)OCCOCCOc2cccc(n2)C(=O)N4)CC1. The lowest BCUT2D eigenvalue weighted by atomic mass is 9.71. The molecule has 0 unspecified atom stereocenters. The largest absolute Gasteiger partial charge is 0.489 e. The first-order valence-corrected chi connectivity index (χ1v) is 12.5. The van der Waals surface area contributed by atoms with E-state index >= 15 is 0 Å². The highest BCUT2D eigenvalue weighted by molar-refractivity contribution is 6.05. The van der Waals surface area contributed by atoms with E-state index in [4.69, 9.17) is 19.3 Å². The minimum atomic E-state index is -0.319. The fourth-order valence-electron chi connectivity index (χ4n) is 5.01. The van der Waals surface area contributed by atoms with Gasteiger partial charge in [0, 0.05) is 23.7 Å². The summed E-state index contributed by atoms with van der Waals surface area (Å²) >= 11 is 0. The molecular weight excluding hydrogens is 444 g/mol. The van der Waals surface area contributed by atoms with E-state index in [1.165, 1.54) is 12.8 Å². The second-order valence-electron chi connectivity index (χ2n) is 10.5. The Hall–Kier alpha value is -3.13. The van der Waals surface area contributed by atoms with Crippen LogP contribution in [-0.2, 0) is 4.74 Å². The summed E-state index contributed by atoms with van der Waals surface area (Å²) in [7, 11) is 0. The minimum Gasteiger partial charge on any atom is -0.489 e. The van der Waals surface area contributed by atoms with Gasteiger partial charge in [-0.25, -0.2) is 4.98 Å². The van der Waals surface area contributed by atoms with Gasteiger partial charge in [-0.05, 0) is 49.1 Å². The van der Waals surface area contributed by atoms with Gasteiger partial charge in [0.15, 0.2) is 0 Å². The first kappa shape index (κ1) is 23.6. The molecule has 1 fully saturated rings.